The fraction of sp³-hybridized carbons (Fsp3) is 0.385. The maximum absolute atomic E-state index is 12.0. The number of carbonyl (C=O) groups excluding carboxylic acids is 2. The van der Waals surface area contributed by atoms with E-state index >= 15 is 0 Å². The fourth-order valence-electron chi connectivity index (χ4n) is 2.05. The molecule has 1 fully saturated rings. The molecule has 1 aliphatic heterocycles. The Morgan fingerprint density at radius 3 is 2.89 bits per heavy atom. The van der Waals surface area contributed by atoms with Crippen molar-refractivity contribution in [2.75, 3.05) is 13.6 Å². The molecule has 0 spiro atoms. The first-order valence-corrected chi connectivity index (χ1v) is 6.80. The van der Waals surface area contributed by atoms with Gasteiger partial charge >= 0.3 is 0 Å². The first-order valence-electron chi connectivity index (χ1n) is 6.00. The predicted octanol–water partition coefficient (Wildman–Crippen LogP) is 1.51. The number of hydrogen-bond acceptors (Lipinski definition) is 3. The van der Waals surface area contributed by atoms with E-state index in [-0.39, 0.29) is 23.6 Å². The van der Waals surface area contributed by atoms with Gasteiger partial charge < -0.3 is 15.3 Å². The van der Waals surface area contributed by atoms with Crippen molar-refractivity contribution >= 4 is 27.7 Å². The van der Waals surface area contributed by atoms with E-state index in [1.807, 2.05) is 0 Å². The second-order valence-corrected chi connectivity index (χ2v) is 5.50. The van der Waals surface area contributed by atoms with Crippen LogP contribution in [0.2, 0.25) is 0 Å². The van der Waals surface area contributed by atoms with Crippen LogP contribution in [0.4, 0.5) is 0 Å². The number of piperidine rings is 1. The number of amides is 2. The first-order chi connectivity index (χ1) is 8.97. The average molecular weight is 327 g/mol. The molecule has 19 heavy (non-hydrogen) atoms. The Balaban J connectivity index is 2.01. The highest BCUT2D eigenvalue weighted by Gasteiger charge is 2.24. The van der Waals surface area contributed by atoms with Gasteiger partial charge in [-0.15, -0.1) is 0 Å². The van der Waals surface area contributed by atoms with E-state index in [1.54, 1.807) is 24.1 Å². The minimum atomic E-state index is -0.240. The molecule has 6 heteroatoms. The molecule has 5 nitrogen and oxygen atoms in total. The number of nitrogens with one attached hydrogen (secondary N) is 1. The molecule has 0 aliphatic carbocycles. The summed E-state index contributed by atoms with van der Waals surface area (Å²) >= 11 is 3.17. The molecule has 2 N–H and O–H groups in total. The summed E-state index contributed by atoms with van der Waals surface area (Å²) in [6.07, 6.45) is 1.10. The average Bonchev–Trinajstić information content (AvgIpc) is 2.37. The molecule has 0 radical (unpaired) electrons. The third-order valence-electron chi connectivity index (χ3n) is 3.17. The number of nitrogens with zero attached hydrogens (tertiary/aromatic N) is 1. The summed E-state index contributed by atoms with van der Waals surface area (Å²) in [6.45, 7) is 0.521. The first kappa shape index (κ1) is 13.9. The van der Waals surface area contributed by atoms with Crippen LogP contribution in [0.3, 0.4) is 0 Å². The highest BCUT2D eigenvalue weighted by molar-refractivity contribution is 9.10. The van der Waals surface area contributed by atoms with Crippen molar-refractivity contribution in [2.24, 2.45) is 0 Å². The smallest absolute Gasteiger partial charge is 0.251 e. The van der Waals surface area contributed by atoms with Crippen LogP contribution in [0.5, 0.6) is 5.75 Å². The van der Waals surface area contributed by atoms with Crippen molar-refractivity contribution in [3.63, 3.8) is 0 Å². The minimum Gasteiger partial charge on any atom is -0.507 e. The number of phenols is 1. The van der Waals surface area contributed by atoms with Crippen LogP contribution in [0.25, 0.3) is 0 Å². The molecule has 2 amide bonds. The van der Waals surface area contributed by atoms with Gasteiger partial charge in [-0.3, -0.25) is 9.59 Å². The van der Waals surface area contributed by atoms with Gasteiger partial charge in [0.15, 0.2) is 0 Å². The summed E-state index contributed by atoms with van der Waals surface area (Å²) in [5, 5.41) is 12.4. The van der Waals surface area contributed by atoms with E-state index in [9.17, 15) is 14.7 Å². The lowest BCUT2D eigenvalue weighted by molar-refractivity contribution is -0.132. The van der Waals surface area contributed by atoms with Gasteiger partial charge in [-0.05, 0) is 40.5 Å². The Morgan fingerprint density at radius 2 is 2.26 bits per heavy atom. The van der Waals surface area contributed by atoms with Gasteiger partial charge in [0.05, 0.1) is 4.47 Å². The fourth-order valence-corrected chi connectivity index (χ4v) is 2.30. The number of phenolic OH excluding ortho intramolecular Hbond substituents is 1. The standard InChI is InChI=1S/C13H15BrN2O3/c1-16-7-9(3-5-12(16)18)15-13(19)8-2-4-10(14)11(17)6-8/h2,4,6,9,17H,3,5,7H2,1H3,(H,15,19). The number of carbonyl (C=O) groups is 2. The lowest BCUT2D eigenvalue weighted by Crippen LogP contribution is -2.48. The third-order valence-corrected chi connectivity index (χ3v) is 3.84. The molecule has 1 atom stereocenters. The lowest BCUT2D eigenvalue weighted by Gasteiger charge is -2.30. The highest BCUT2D eigenvalue weighted by atomic mass is 79.9. The van der Waals surface area contributed by atoms with Gasteiger partial charge in [0.25, 0.3) is 5.91 Å². The summed E-state index contributed by atoms with van der Waals surface area (Å²) in [7, 11) is 1.73. The monoisotopic (exact) mass is 326 g/mol. The Hall–Kier alpha value is -1.56. The highest BCUT2D eigenvalue weighted by Crippen LogP contribution is 2.24. The van der Waals surface area contributed by atoms with E-state index in [0.717, 1.165) is 0 Å². The van der Waals surface area contributed by atoms with Crippen LogP contribution in [0.1, 0.15) is 23.2 Å². The minimum absolute atomic E-state index is 0.0311. The van der Waals surface area contributed by atoms with Gasteiger partial charge in [0.2, 0.25) is 5.91 Å². The van der Waals surface area contributed by atoms with Crippen molar-refractivity contribution < 1.29 is 14.7 Å². The zero-order valence-corrected chi connectivity index (χ0v) is 12.1. The molecule has 1 aromatic rings. The van der Waals surface area contributed by atoms with Crippen LogP contribution >= 0.6 is 15.9 Å². The van der Waals surface area contributed by atoms with Gasteiger partial charge in [0, 0.05) is 31.6 Å². The van der Waals surface area contributed by atoms with Crippen molar-refractivity contribution in [3.8, 4) is 5.75 Å². The van der Waals surface area contributed by atoms with Crippen LogP contribution in [-0.4, -0.2) is 41.5 Å². The zero-order valence-electron chi connectivity index (χ0n) is 10.5. The Morgan fingerprint density at radius 1 is 1.53 bits per heavy atom. The van der Waals surface area contributed by atoms with Gasteiger partial charge in [-0.25, -0.2) is 0 Å². The van der Waals surface area contributed by atoms with Crippen LogP contribution < -0.4 is 5.32 Å². The number of aromatic hydroxyl groups is 1. The summed E-state index contributed by atoms with van der Waals surface area (Å²) in [5.74, 6) is -0.106. The summed E-state index contributed by atoms with van der Waals surface area (Å²) < 4.78 is 0.548. The zero-order chi connectivity index (χ0) is 14.0. The van der Waals surface area contributed by atoms with E-state index < -0.39 is 0 Å². The van der Waals surface area contributed by atoms with Crippen molar-refractivity contribution in [2.45, 2.75) is 18.9 Å². The summed E-state index contributed by atoms with van der Waals surface area (Å²) in [4.78, 5) is 25.0. The van der Waals surface area contributed by atoms with Crippen LogP contribution in [-0.2, 0) is 4.79 Å². The molecule has 1 aliphatic rings. The number of halogens is 1. The Labute approximate surface area is 119 Å². The van der Waals surface area contributed by atoms with Gasteiger partial charge in [-0.2, -0.15) is 0 Å². The Bertz CT molecular complexity index is 519. The molecule has 1 aromatic carbocycles. The summed E-state index contributed by atoms with van der Waals surface area (Å²) in [6, 6.07) is 4.63. The van der Waals surface area contributed by atoms with Crippen molar-refractivity contribution in [3.05, 3.63) is 28.2 Å². The van der Waals surface area contributed by atoms with E-state index in [0.29, 0.717) is 29.4 Å². The molecule has 1 saturated heterocycles. The Kier molecular flexibility index (Phi) is 4.09. The topological polar surface area (TPSA) is 69.6 Å². The van der Waals surface area contributed by atoms with Crippen LogP contribution in [0, 0.1) is 0 Å². The van der Waals surface area contributed by atoms with E-state index in [2.05, 4.69) is 21.2 Å². The maximum Gasteiger partial charge on any atom is 0.251 e. The normalized spacial score (nSPS) is 19.4. The lowest BCUT2D eigenvalue weighted by atomic mass is 10.0. The molecule has 0 saturated carbocycles. The molecular weight excluding hydrogens is 312 g/mol. The quantitative estimate of drug-likeness (QED) is 0.865. The SMILES string of the molecule is CN1CC(NC(=O)c2ccc(Br)c(O)c2)CCC1=O. The predicted molar refractivity (Wildman–Crippen MR) is 73.9 cm³/mol. The number of benzene rings is 1. The van der Waals surface area contributed by atoms with Crippen molar-refractivity contribution in [1.29, 1.82) is 0 Å². The third kappa shape index (κ3) is 3.26. The molecule has 102 valence electrons. The summed E-state index contributed by atoms with van der Waals surface area (Å²) in [5.41, 5.74) is 0.403. The molecule has 1 unspecified atom stereocenters. The molecule has 2 rings (SSSR count). The van der Waals surface area contributed by atoms with Gasteiger partial charge in [-0.1, -0.05) is 0 Å². The number of likely N-dealkylation sites (tertiary alicyclic amines) is 1. The van der Waals surface area contributed by atoms with Gasteiger partial charge in [0.1, 0.15) is 5.75 Å². The largest absolute Gasteiger partial charge is 0.507 e. The number of hydrogen-bond donors (Lipinski definition) is 2. The van der Waals surface area contributed by atoms with Crippen LogP contribution in [0.15, 0.2) is 22.7 Å². The molecule has 1 heterocycles. The molecular formula is C13H15BrN2O3. The number of rotatable bonds is 2. The van der Waals surface area contributed by atoms with Crippen molar-refractivity contribution in [1.82, 2.24) is 10.2 Å². The maximum atomic E-state index is 12.0. The van der Waals surface area contributed by atoms with E-state index in [1.165, 1.54) is 6.07 Å². The second kappa shape index (κ2) is 5.61. The van der Waals surface area contributed by atoms with E-state index in [4.69, 9.17) is 0 Å². The number of likely N-dealkylation sites (N-methyl/N-ethyl adjacent to an activating group) is 1. The second-order valence-electron chi connectivity index (χ2n) is 4.65. The molecule has 0 bridgehead atoms. The molecule has 0 aromatic heterocycles.